The predicted octanol–water partition coefficient (Wildman–Crippen LogP) is 2.67. The van der Waals surface area contributed by atoms with Gasteiger partial charge in [0.25, 0.3) is 0 Å². The molecule has 0 radical (unpaired) electrons. The average molecular weight is 259 g/mol. The second-order valence-electron chi connectivity index (χ2n) is 6.12. The Morgan fingerprint density at radius 3 is 2.84 bits per heavy atom. The molecule has 2 heterocycles. The third-order valence-corrected chi connectivity index (χ3v) is 4.17. The molecule has 1 aliphatic heterocycles. The molecule has 1 aliphatic carbocycles. The van der Waals surface area contributed by atoms with Crippen LogP contribution in [0.3, 0.4) is 0 Å². The molecule has 0 saturated heterocycles. The van der Waals surface area contributed by atoms with E-state index in [4.69, 9.17) is 0 Å². The van der Waals surface area contributed by atoms with E-state index in [9.17, 15) is 5.11 Å². The van der Waals surface area contributed by atoms with E-state index in [1.807, 2.05) is 12.3 Å². The smallest absolute Gasteiger partial charge is 0.0856 e. The molecule has 1 aromatic rings. The lowest BCUT2D eigenvalue weighted by molar-refractivity contribution is 0.0782. The summed E-state index contributed by atoms with van der Waals surface area (Å²) >= 11 is 0. The van der Waals surface area contributed by atoms with Crippen LogP contribution in [0.4, 0.5) is 5.69 Å². The largest absolute Gasteiger partial charge is 0.386 e. The molecule has 2 atom stereocenters. The minimum Gasteiger partial charge on any atom is -0.386 e. The molecular weight excluding hydrogens is 238 g/mol. The average Bonchev–Trinajstić information content (AvgIpc) is 2.82. The molecule has 19 heavy (non-hydrogen) atoms. The number of anilines is 1. The first kappa shape index (κ1) is 12.6. The van der Waals surface area contributed by atoms with Crippen molar-refractivity contribution < 1.29 is 5.11 Å². The number of hydrazone groups is 1. The highest BCUT2D eigenvalue weighted by atomic mass is 16.3. The van der Waals surface area contributed by atoms with Crippen LogP contribution in [0.2, 0.25) is 0 Å². The van der Waals surface area contributed by atoms with Crippen LogP contribution in [-0.4, -0.2) is 22.3 Å². The summed E-state index contributed by atoms with van der Waals surface area (Å²) in [5, 5.41) is 16.7. The maximum atomic E-state index is 10.1. The SMILES string of the molecule is CC(C)(O)c1cncc(N2N=CC3CCCCC32)c1. The van der Waals surface area contributed by atoms with Crippen molar-refractivity contribution in [2.45, 2.75) is 51.2 Å². The van der Waals surface area contributed by atoms with Crippen molar-refractivity contribution in [3.05, 3.63) is 24.0 Å². The predicted molar refractivity (Wildman–Crippen MR) is 76.2 cm³/mol. The summed E-state index contributed by atoms with van der Waals surface area (Å²) in [7, 11) is 0. The highest BCUT2D eigenvalue weighted by Crippen LogP contribution is 2.35. The first-order valence-electron chi connectivity index (χ1n) is 7.07. The summed E-state index contributed by atoms with van der Waals surface area (Å²) in [5.74, 6) is 0.583. The van der Waals surface area contributed by atoms with Crippen LogP contribution >= 0.6 is 0 Å². The summed E-state index contributed by atoms with van der Waals surface area (Å²) in [5.41, 5.74) is 0.961. The maximum Gasteiger partial charge on any atom is 0.0856 e. The van der Waals surface area contributed by atoms with E-state index in [1.54, 1.807) is 20.0 Å². The molecule has 1 fully saturated rings. The van der Waals surface area contributed by atoms with Crippen LogP contribution < -0.4 is 5.01 Å². The molecule has 2 unspecified atom stereocenters. The van der Waals surface area contributed by atoms with Crippen molar-refractivity contribution in [2.24, 2.45) is 11.0 Å². The second kappa shape index (κ2) is 4.60. The Morgan fingerprint density at radius 2 is 2.05 bits per heavy atom. The van der Waals surface area contributed by atoms with Crippen molar-refractivity contribution in [3.8, 4) is 0 Å². The molecule has 4 nitrogen and oxygen atoms in total. The summed E-state index contributed by atoms with van der Waals surface area (Å²) in [4.78, 5) is 4.26. The van der Waals surface area contributed by atoms with Crippen molar-refractivity contribution in [2.75, 3.05) is 5.01 Å². The van der Waals surface area contributed by atoms with Gasteiger partial charge in [-0.25, -0.2) is 0 Å². The third-order valence-electron chi connectivity index (χ3n) is 4.17. The fourth-order valence-corrected chi connectivity index (χ4v) is 3.01. The molecule has 1 saturated carbocycles. The Bertz CT molecular complexity index is 492. The molecule has 3 rings (SSSR count). The van der Waals surface area contributed by atoms with Crippen LogP contribution in [0.15, 0.2) is 23.6 Å². The zero-order chi connectivity index (χ0) is 13.5. The highest BCUT2D eigenvalue weighted by Gasteiger charge is 2.34. The molecule has 1 N–H and O–H groups in total. The number of fused-ring (bicyclic) bond motifs is 1. The van der Waals surface area contributed by atoms with Gasteiger partial charge in [0.05, 0.1) is 23.5 Å². The molecule has 1 aromatic heterocycles. The molecule has 0 aromatic carbocycles. The van der Waals surface area contributed by atoms with Crippen LogP contribution in [0.25, 0.3) is 0 Å². The highest BCUT2D eigenvalue weighted by molar-refractivity contribution is 5.70. The van der Waals surface area contributed by atoms with Gasteiger partial charge in [-0.15, -0.1) is 0 Å². The maximum absolute atomic E-state index is 10.1. The second-order valence-corrected chi connectivity index (χ2v) is 6.12. The van der Waals surface area contributed by atoms with Crippen LogP contribution in [0, 0.1) is 5.92 Å². The van der Waals surface area contributed by atoms with Crippen LogP contribution in [0.5, 0.6) is 0 Å². The number of aromatic nitrogens is 1. The van der Waals surface area contributed by atoms with Gasteiger partial charge in [0.2, 0.25) is 0 Å². The first-order chi connectivity index (χ1) is 9.05. The van der Waals surface area contributed by atoms with Crippen molar-refractivity contribution in [1.82, 2.24) is 4.98 Å². The Balaban J connectivity index is 1.88. The van der Waals surface area contributed by atoms with E-state index in [0.717, 1.165) is 11.3 Å². The Labute approximate surface area is 114 Å². The summed E-state index contributed by atoms with van der Waals surface area (Å²) in [6.07, 6.45) is 10.7. The van der Waals surface area contributed by atoms with E-state index < -0.39 is 5.60 Å². The molecule has 102 valence electrons. The lowest BCUT2D eigenvalue weighted by atomic mass is 9.86. The van der Waals surface area contributed by atoms with E-state index in [1.165, 1.54) is 25.7 Å². The van der Waals surface area contributed by atoms with Gasteiger partial charge in [-0.2, -0.15) is 5.10 Å². The zero-order valence-electron chi connectivity index (χ0n) is 11.6. The summed E-state index contributed by atoms with van der Waals surface area (Å²) < 4.78 is 0. The number of nitrogens with zero attached hydrogens (tertiary/aromatic N) is 3. The number of aliphatic hydroxyl groups is 1. The minimum atomic E-state index is -0.863. The number of hydrogen-bond acceptors (Lipinski definition) is 4. The monoisotopic (exact) mass is 259 g/mol. The van der Waals surface area contributed by atoms with Crippen molar-refractivity contribution >= 4 is 11.9 Å². The normalized spacial score (nSPS) is 26.6. The Hall–Kier alpha value is -1.42. The van der Waals surface area contributed by atoms with Crippen molar-refractivity contribution in [3.63, 3.8) is 0 Å². The Morgan fingerprint density at radius 1 is 1.26 bits per heavy atom. The fraction of sp³-hybridized carbons (Fsp3) is 0.600. The fourth-order valence-electron chi connectivity index (χ4n) is 3.01. The third kappa shape index (κ3) is 2.37. The van der Waals surface area contributed by atoms with Crippen molar-refractivity contribution in [1.29, 1.82) is 0 Å². The molecule has 0 bridgehead atoms. The van der Waals surface area contributed by atoms with Gasteiger partial charge in [-0.3, -0.25) is 9.99 Å². The van der Waals surface area contributed by atoms with E-state index in [2.05, 4.69) is 21.3 Å². The molecule has 2 aliphatic rings. The Kier molecular flexibility index (Phi) is 3.05. The van der Waals surface area contributed by atoms with Gasteiger partial charge in [0.15, 0.2) is 0 Å². The summed E-state index contributed by atoms with van der Waals surface area (Å²) in [6.45, 7) is 3.56. The number of hydrogen-bond donors (Lipinski definition) is 1. The molecule has 0 amide bonds. The van der Waals surface area contributed by atoms with Crippen LogP contribution in [0.1, 0.15) is 45.1 Å². The quantitative estimate of drug-likeness (QED) is 0.888. The van der Waals surface area contributed by atoms with Gasteiger partial charge in [-0.05, 0) is 32.8 Å². The van der Waals surface area contributed by atoms with E-state index in [-0.39, 0.29) is 0 Å². The summed E-state index contributed by atoms with van der Waals surface area (Å²) in [6, 6.07) is 2.48. The van der Waals surface area contributed by atoms with Crippen LogP contribution in [-0.2, 0) is 5.60 Å². The topological polar surface area (TPSA) is 48.7 Å². The zero-order valence-corrected chi connectivity index (χ0v) is 11.6. The first-order valence-corrected chi connectivity index (χ1v) is 7.07. The van der Waals surface area contributed by atoms with Gasteiger partial charge < -0.3 is 5.11 Å². The van der Waals surface area contributed by atoms with Gasteiger partial charge in [0, 0.05) is 23.9 Å². The number of rotatable bonds is 2. The van der Waals surface area contributed by atoms with Gasteiger partial charge in [0.1, 0.15) is 0 Å². The van der Waals surface area contributed by atoms with E-state index >= 15 is 0 Å². The number of pyridine rings is 1. The van der Waals surface area contributed by atoms with Gasteiger partial charge >= 0.3 is 0 Å². The van der Waals surface area contributed by atoms with E-state index in [0.29, 0.717) is 12.0 Å². The standard InChI is InChI=1S/C15H21N3O/c1-15(2,19)12-7-13(10-16-9-12)18-14-6-4-3-5-11(14)8-17-18/h7-11,14,19H,3-6H2,1-2H3. The lowest BCUT2D eigenvalue weighted by Gasteiger charge is -2.31. The minimum absolute atomic E-state index is 0.479. The molecule has 0 spiro atoms. The molecular formula is C15H21N3O. The van der Waals surface area contributed by atoms with Gasteiger partial charge in [-0.1, -0.05) is 12.8 Å². The lowest BCUT2D eigenvalue weighted by Crippen LogP contribution is -2.34. The molecule has 4 heteroatoms.